The van der Waals surface area contributed by atoms with Crippen LogP contribution in [0, 0.1) is 0 Å². The van der Waals surface area contributed by atoms with Crippen LogP contribution in [0.25, 0.3) is 0 Å². The van der Waals surface area contributed by atoms with Crippen molar-refractivity contribution in [2.45, 2.75) is 25.0 Å². The highest BCUT2D eigenvalue weighted by atomic mass is 16.5. The van der Waals surface area contributed by atoms with Crippen molar-refractivity contribution in [1.82, 2.24) is 5.01 Å². The van der Waals surface area contributed by atoms with E-state index in [1.165, 1.54) is 0 Å². The van der Waals surface area contributed by atoms with Crippen LogP contribution in [0.3, 0.4) is 0 Å². The van der Waals surface area contributed by atoms with Gasteiger partial charge in [0.15, 0.2) is 0 Å². The molecule has 0 radical (unpaired) electrons. The highest BCUT2D eigenvalue weighted by Gasteiger charge is 2.36. The summed E-state index contributed by atoms with van der Waals surface area (Å²) in [5.41, 5.74) is 0. The van der Waals surface area contributed by atoms with Gasteiger partial charge < -0.3 is 4.74 Å². The second-order valence-corrected chi connectivity index (χ2v) is 2.79. The van der Waals surface area contributed by atoms with Crippen molar-refractivity contribution in [3.05, 3.63) is 0 Å². The van der Waals surface area contributed by atoms with Crippen LogP contribution in [-0.2, 0) is 4.74 Å². The molecule has 0 bridgehead atoms. The molecule has 0 aromatic carbocycles. The first-order valence-corrected chi connectivity index (χ1v) is 3.51. The Bertz CT molecular complexity index is 118. The second-order valence-electron chi connectivity index (χ2n) is 2.79. The van der Waals surface area contributed by atoms with Crippen molar-refractivity contribution in [3.8, 4) is 0 Å². The summed E-state index contributed by atoms with van der Waals surface area (Å²) in [6.45, 7) is 1.92. The second kappa shape index (κ2) is 1.94. The molecule has 2 atom stereocenters. The lowest BCUT2D eigenvalue weighted by atomic mass is 10.2. The molecule has 0 spiro atoms. The molecule has 0 aromatic rings. The molecule has 3 heteroatoms. The van der Waals surface area contributed by atoms with Gasteiger partial charge in [-0.2, -0.15) is 0 Å². The number of hydrazine groups is 1. The van der Waals surface area contributed by atoms with Crippen LogP contribution in [0.15, 0.2) is 0 Å². The van der Waals surface area contributed by atoms with Crippen molar-refractivity contribution in [2.75, 3.05) is 13.2 Å². The minimum absolute atomic E-state index is 0.454. The van der Waals surface area contributed by atoms with Gasteiger partial charge in [0.1, 0.15) is 0 Å². The van der Waals surface area contributed by atoms with E-state index in [0.717, 1.165) is 26.0 Å². The lowest BCUT2D eigenvalue weighted by Crippen LogP contribution is -2.37. The van der Waals surface area contributed by atoms with Crippen molar-refractivity contribution in [3.63, 3.8) is 0 Å². The predicted octanol–water partition coefficient (Wildman–Crippen LogP) is -0.277. The number of nitrogens with two attached hydrogens (primary N) is 1. The Hall–Kier alpha value is -0.120. The SMILES string of the molecule is NN1CCC2OCCC21. The fourth-order valence-corrected chi connectivity index (χ4v) is 1.73. The molecule has 0 saturated carbocycles. The van der Waals surface area contributed by atoms with E-state index in [1.807, 2.05) is 5.01 Å². The molecule has 52 valence electrons. The van der Waals surface area contributed by atoms with E-state index in [2.05, 4.69) is 0 Å². The number of hydrogen-bond acceptors (Lipinski definition) is 3. The number of nitrogens with zero attached hydrogens (tertiary/aromatic N) is 1. The summed E-state index contributed by atoms with van der Waals surface area (Å²) in [5.74, 6) is 5.67. The van der Waals surface area contributed by atoms with Crippen molar-refractivity contribution in [2.24, 2.45) is 5.84 Å². The largest absolute Gasteiger partial charge is 0.376 e. The molecule has 2 heterocycles. The number of hydrogen-bond donors (Lipinski definition) is 1. The van der Waals surface area contributed by atoms with Crippen LogP contribution in [0.1, 0.15) is 12.8 Å². The average molecular weight is 128 g/mol. The Labute approximate surface area is 54.7 Å². The molecule has 9 heavy (non-hydrogen) atoms. The van der Waals surface area contributed by atoms with E-state index < -0.39 is 0 Å². The summed E-state index contributed by atoms with van der Waals surface area (Å²) in [6, 6.07) is 0.532. The maximum Gasteiger partial charge on any atom is 0.0757 e. The smallest absolute Gasteiger partial charge is 0.0757 e. The minimum atomic E-state index is 0.454. The molecule has 0 aromatic heterocycles. The Kier molecular flexibility index (Phi) is 1.22. The molecule has 2 aliphatic rings. The van der Waals surface area contributed by atoms with E-state index in [4.69, 9.17) is 10.6 Å². The number of ether oxygens (including phenoxy) is 1. The summed E-state index contributed by atoms with van der Waals surface area (Å²) >= 11 is 0. The van der Waals surface area contributed by atoms with Crippen molar-refractivity contribution in [1.29, 1.82) is 0 Å². The van der Waals surface area contributed by atoms with Crippen LogP contribution in [0.2, 0.25) is 0 Å². The summed E-state index contributed by atoms with van der Waals surface area (Å²) in [4.78, 5) is 0. The third kappa shape index (κ3) is 0.764. The molecule has 2 fully saturated rings. The Morgan fingerprint density at radius 2 is 2.33 bits per heavy atom. The Morgan fingerprint density at radius 1 is 1.44 bits per heavy atom. The fraction of sp³-hybridized carbons (Fsp3) is 1.00. The highest BCUT2D eigenvalue weighted by Crippen LogP contribution is 2.25. The van der Waals surface area contributed by atoms with Crippen LogP contribution in [-0.4, -0.2) is 30.3 Å². The molecule has 2 aliphatic heterocycles. The topological polar surface area (TPSA) is 38.5 Å². The van der Waals surface area contributed by atoms with Gasteiger partial charge in [-0.1, -0.05) is 0 Å². The lowest BCUT2D eigenvalue weighted by molar-refractivity contribution is 0.106. The zero-order valence-corrected chi connectivity index (χ0v) is 5.42. The predicted molar refractivity (Wildman–Crippen MR) is 33.7 cm³/mol. The molecular weight excluding hydrogens is 116 g/mol. The molecule has 2 unspecified atom stereocenters. The van der Waals surface area contributed by atoms with Gasteiger partial charge in [0.25, 0.3) is 0 Å². The fourth-order valence-electron chi connectivity index (χ4n) is 1.73. The van der Waals surface area contributed by atoms with E-state index >= 15 is 0 Å². The van der Waals surface area contributed by atoms with Crippen LogP contribution < -0.4 is 5.84 Å². The molecule has 2 rings (SSSR count). The van der Waals surface area contributed by atoms with Crippen molar-refractivity contribution < 1.29 is 4.74 Å². The average Bonchev–Trinajstić information content (AvgIpc) is 2.35. The Morgan fingerprint density at radius 3 is 3.11 bits per heavy atom. The maximum absolute atomic E-state index is 5.67. The molecule has 3 nitrogen and oxygen atoms in total. The van der Waals surface area contributed by atoms with Gasteiger partial charge in [-0.05, 0) is 12.8 Å². The quantitative estimate of drug-likeness (QED) is 0.456. The van der Waals surface area contributed by atoms with Gasteiger partial charge in [-0.15, -0.1) is 0 Å². The van der Waals surface area contributed by atoms with Crippen LogP contribution in [0.5, 0.6) is 0 Å². The van der Waals surface area contributed by atoms with Crippen molar-refractivity contribution >= 4 is 0 Å². The first-order chi connectivity index (χ1) is 4.38. The standard InChI is InChI=1S/C6H12N2O/c7-8-3-1-6-5(8)2-4-9-6/h5-6H,1-4,7H2. The summed E-state index contributed by atoms with van der Waals surface area (Å²) in [7, 11) is 0. The number of fused-ring (bicyclic) bond motifs is 1. The van der Waals surface area contributed by atoms with E-state index in [1.54, 1.807) is 0 Å². The maximum atomic E-state index is 5.67. The first kappa shape index (κ1) is 5.65. The minimum Gasteiger partial charge on any atom is -0.376 e. The van der Waals surface area contributed by atoms with E-state index in [9.17, 15) is 0 Å². The number of rotatable bonds is 0. The molecule has 0 amide bonds. The van der Waals surface area contributed by atoms with Crippen LogP contribution >= 0.6 is 0 Å². The van der Waals surface area contributed by atoms with Gasteiger partial charge in [0.05, 0.1) is 12.1 Å². The molecule has 2 saturated heterocycles. The third-order valence-electron chi connectivity index (χ3n) is 2.27. The Balaban J connectivity index is 2.07. The normalized spacial score (nSPS) is 43.7. The van der Waals surface area contributed by atoms with E-state index in [-0.39, 0.29) is 0 Å². The van der Waals surface area contributed by atoms with Gasteiger partial charge in [-0.3, -0.25) is 5.84 Å². The molecule has 2 N–H and O–H groups in total. The first-order valence-electron chi connectivity index (χ1n) is 3.51. The molecular formula is C6H12N2O. The highest BCUT2D eigenvalue weighted by molar-refractivity contribution is 4.88. The lowest BCUT2D eigenvalue weighted by Gasteiger charge is -2.14. The summed E-state index contributed by atoms with van der Waals surface area (Å²) in [5, 5.41) is 1.91. The monoisotopic (exact) mass is 128 g/mol. The summed E-state index contributed by atoms with van der Waals surface area (Å²) < 4.78 is 5.43. The van der Waals surface area contributed by atoms with E-state index in [0.29, 0.717) is 12.1 Å². The van der Waals surface area contributed by atoms with Gasteiger partial charge in [0, 0.05) is 13.2 Å². The van der Waals surface area contributed by atoms with Crippen LogP contribution in [0.4, 0.5) is 0 Å². The van der Waals surface area contributed by atoms with Gasteiger partial charge in [-0.25, -0.2) is 5.01 Å². The van der Waals surface area contributed by atoms with Gasteiger partial charge in [0.2, 0.25) is 0 Å². The summed E-state index contributed by atoms with van der Waals surface area (Å²) in [6.07, 6.45) is 2.71. The zero-order chi connectivity index (χ0) is 6.27. The third-order valence-corrected chi connectivity index (χ3v) is 2.27. The zero-order valence-electron chi connectivity index (χ0n) is 5.42. The molecule has 0 aliphatic carbocycles. The van der Waals surface area contributed by atoms with Gasteiger partial charge >= 0.3 is 0 Å².